The smallest absolute Gasteiger partial charge is 0.308 e. The van der Waals surface area contributed by atoms with Crippen LogP contribution in [0.25, 0.3) is 11.4 Å². The molecule has 0 N–H and O–H groups in total. The summed E-state index contributed by atoms with van der Waals surface area (Å²) in [6.45, 7) is 18.9. The van der Waals surface area contributed by atoms with Gasteiger partial charge in [-0.3, -0.25) is 4.79 Å². The highest BCUT2D eigenvalue weighted by Gasteiger charge is 2.15. The number of aromatic nitrogens is 4. The minimum Gasteiger partial charge on any atom is -0.491 e. The number of ether oxygens (including phenoxy) is 14. The van der Waals surface area contributed by atoms with Gasteiger partial charge in [-0.05, 0) is 52.0 Å². The van der Waals surface area contributed by atoms with E-state index in [0.29, 0.717) is 177 Å². The summed E-state index contributed by atoms with van der Waals surface area (Å²) in [4.78, 5) is 11.6. The molecule has 1 aromatic carbocycles. The van der Waals surface area contributed by atoms with Crippen LogP contribution in [0.3, 0.4) is 0 Å². The monoisotopic (exact) mass is 844 g/mol. The Morgan fingerprint density at radius 3 is 1.02 bits per heavy atom. The van der Waals surface area contributed by atoms with E-state index in [1.165, 1.54) is 0 Å². The Labute approximate surface area is 349 Å². The molecule has 0 aliphatic rings. The SMILES string of the molecule is Cc1nnc(-c2ccc(OCCOCCOCCOCCOCCOCCOCCOCCOCCOCCOCCOCCOCCC(=O)OC(C)(C)C)cc2)nn1. The maximum absolute atomic E-state index is 11.6. The Hall–Kier alpha value is -3.05. The molecule has 2 aromatic rings. The maximum Gasteiger partial charge on any atom is 0.308 e. The Kier molecular flexibility index (Phi) is 32.5. The molecule has 2 rings (SSSR count). The van der Waals surface area contributed by atoms with E-state index in [2.05, 4.69) is 20.4 Å². The first kappa shape index (κ1) is 52.1. The molecule has 19 heteroatoms. The standard InChI is InChI=1S/C40H68N4O15/c1-35-41-43-39(44-42-35)36-5-7-37(8-6-36)58-34-33-57-32-31-56-30-29-55-28-27-54-26-25-53-24-23-52-22-21-51-20-19-50-18-17-49-16-15-48-14-13-47-12-11-46-10-9-38(45)59-40(2,3)4/h5-8H,9-34H2,1-4H3. The van der Waals surface area contributed by atoms with Gasteiger partial charge < -0.3 is 66.3 Å². The number of esters is 1. The Morgan fingerprint density at radius 2 is 0.712 bits per heavy atom. The highest BCUT2D eigenvalue weighted by Crippen LogP contribution is 2.18. The molecule has 0 aliphatic heterocycles. The Morgan fingerprint density at radius 1 is 0.424 bits per heavy atom. The normalized spacial score (nSPS) is 11.7. The van der Waals surface area contributed by atoms with E-state index in [4.69, 9.17) is 66.3 Å². The maximum atomic E-state index is 11.6. The fourth-order valence-corrected chi connectivity index (χ4v) is 4.38. The zero-order valence-electron chi connectivity index (χ0n) is 35.6. The first-order chi connectivity index (χ1) is 28.8. The predicted molar refractivity (Wildman–Crippen MR) is 214 cm³/mol. The summed E-state index contributed by atoms with van der Waals surface area (Å²) in [5, 5.41) is 15.9. The second-order valence-electron chi connectivity index (χ2n) is 13.3. The predicted octanol–water partition coefficient (Wildman–Crippen LogP) is 2.55. The topological polar surface area (TPSA) is 198 Å². The van der Waals surface area contributed by atoms with Crippen molar-refractivity contribution in [2.24, 2.45) is 0 Å². The fraction of sp³-hybridized carbons (Fsp3) is 0.775. The lowest BCUT2D eigenvalue weighted by molar-refractivity contribution is -0.156. The average Bonchev–Trinajstić information content (AvgIpc) is 3.21. The number of carbonyl (C=O) groups is 1. The van der Waals surface area contributed by atoms with E-state index in [1.54, 1.807) is 6.92 Å². The summed E-state index contributed by atoms with van der Waals surface area (Å²) in [7, 11) is 0. The van der Waals surface area contributed by atoms with E-state index in [9.17, 15) is 4.79 Å². The molecule has 0 bridgehead atoms. The van der Waals surface area contributed by atoms with E-state index < -0.39 is 5.60 Å². The summed E-state index contributed by atoms with van der Waals surface area (Å²) in [6, 6.07) is 7.41. The molecule has 0 amide bonds. The number of nitrogens with zero attached hydrogens (tertiary/aromatic N) is 4. The third-order valence-electron chi connectivity index (χ3n) is 7.15. The Bertz CT molecular complexity index is 1240. The van der Waals surface area contributed by atoms with Gasteiger partial charge in [0.2, 0.25) is 5.82 Å². The van der Waals surface area contributed by atoms with Crippen molar-refractivity contribution in [2.45, 2.75) is 39.7 Å². The number of benzene rings is 1. The number of carbonyl (C=O) groups excluding carboxylic acids is 1. The zero-order chi connectivity index (χ0) is 42.3. The van der Waals surface area contributed by atoms with Gasteiger partial charge in [-0.15, -0.1) is 20.4 Å². The van der Waals surface area contributed by atoms with E-state index in [1.807, 2.05) is 45.0 Å². The van der Waals surface area contributed by atoms with Gasteiger partial charge >= 0.3 is 5.97 Å². The van der Waals surface area contributed by atoms with Crippen molar-refractivity contribution in [1.29, 1.82) is 0 Å². The second kappa shape index (κ2) is 36.8. The molecule has 338 valence electrons. The highest BCUT2D eigenvalue weighted by molar-refractivity contribution is 5.69. The van der Waals surface area contributed by atoms with E-state index >= 15 is 0 Å². The lowest BCUT2D eigenvalue weighted by atomic mass is 10.2. The van der Waals surface area contributed by atoms with Crippen molar-refractivity contribution in [3.8, 4) is 17.1 Å². The lowest BCUT2D eigenvalue weighted by Gasteiger charge is -2.19. The van der Waals surface area contributed by atoms with Gasteiger partial charge in [0.25, 0.3) is 0 Å². The average molecular weight is 845 g/mol. The molecule has 0 saturated carbocycles. The van der Waals surface area contributed by atoms with Crippen LogP contribution >= 0.6 is 0 Å². The van der Waals surface area contributed by atoms with Gasteiger partial charge in [-0.1, -0.05) is 0 Å². The molecule has 0 atom stereocenters. The molecule has 19 nitrogen and oxygen atoms in total. The van der Waals surface area contributed by atoms with Crippen LogP contribution < -0.4 is 4.74 Å². The van der Waals surface area contributed by atoms with Crippen LogP contribution in [0.15, 0.2) is 24.3 Å². The summed E-state index contributed by atoms with van der Waals surface area (Å²) >= 11 is 0. The molecular weight excluding hydrogens is 776 g/mol. The van der Waals surface area contributed by atoms with Crippen molar-refractivity contribution < 1.29 is 71.1 Å². The number of hydrogen-bond donors (Lipinski definition) is 0. The van der Waals surface area contributed by atoms with Crippen LogP contribution in [0, 0.1) is 6.92 Å². The molecule has 0 saturated heterocycles. The third-order valence-corrected chi connectivity index (χ3v) is 7.15. The van der Waals surface area contributed by atoms with Gasteiger partial charge in [0.15, 0.2) is 5.82 Å². The molecule has 0 fully saturated rings. The van der Waals surface area contributed by atoms with Crippen LogP contribution in [0.1, 0.15) is 33.0 Å². The summed E-state index contributed by atoms with van der Waals surface area (Å²) < 4.78 is 76.7. The molecular formula is C40H68N4O15. The number of rotatable bonds is 41. The van der Waals surface area contributed by atoms with Gasteiger partial charge in [0.05, 0.1) is 165 Å². The molecule has 1 aromatic heterocycles. The van der Waals surface area contributed by atoms with Crippen LogP contribution in [0.5, 0.6) is 5.75 Å². The quantitative estimate of drug-likeness (QED) is 0.0699. The molecule has 0 radical (unpaired) electrons. The molecule has 59 heavy (non-hydrogen) atoms. The van der Waals surface area contributed by atoms with Gasteiger partial charge in [0.1, 0.15) is 18.0 Å². The number of aryl methyl sites for hydroxylation is 1. The largest absolute Gasteiger partial charge is 0.491 e. The summed E-state index contributed by atoms with van der Waals surface area (Å²) in [5.41, 5.74) is 0.338. The molecule has 1 heterocycles. The summed E-state index contributed by atoms with van der Waals surface area (Å²) in [5.74, 6) is 1.46. The van der Waals surface area contributed by atoms with Crippen molar-refractivity contribution in [3.05, 3.63) is 30.1 Å². The number of hydrogen-bond acceptors (Lipinski definition) is 19. The van der Waals surface area contributed by atoms with E-state index in [0.717, 1.165) is 11.3 Å². The van der Waals surface area contributed by atoms with Crippen molar-refractivity contribution in [2.75, 3.05) is 165 Å². The van der Waals surface area contributed by atoms with Gasteiger partial charge in [-0.2, -0.15) is 0 Å². The molecule has 0 unspecified atom stereocenters. The summed E-state index contributed by atoms with van der Waals surface area (Å²) in [6.07, 6.45) is 0.227. The van der Waals surface area contributed by atoms with E-state index in [-0.39, 0.29) is 12.4 Å². The van der Waals surface area contributed by atoms with Crippen LogP contribution in [-0.2, 0) is 66.4 Å². The van der Waals surface area contributed by atoms with Gasteiger partial charge in [-0.25, -0.2) is 0 Å². The first-order valence-corrected chi connectivity index (χ1v) is 20.3. The second-order valence-corrected chi connectivity index (χ2v) is 13.3. The van der Waals surface area contributed by atoms with Crippen molar-refractivity contribution >= 4 is 5.97 Å². The first-order valence-electron chi connectivity index (χ1n) is 20.3. The minimum atomic E-state index is -0.479. The lowest BCUT2D eigenvalue weighted by Crippen LogP contribution is -2.24. The highest BCUT2D eigenvalue weighted by atomic mass is 16.6. The third kappa shape index (κ3) is 33.4. The van der Waals surface area contributed by atoms with Crippen LogP contribution in [-0.4, -0.2) is 197 Å². The minimum absolute atomic E-state index is 0.227. The zero-order valence-corrected chi connectivity index (χ0v) is 35.6. The van der Waals surface area contributed by atoms with Crippen LogP contribution in [0.4, 0.5) is 0 Å². The molecule has 0 spiro atoms. The molecule has 0 aliphatic carbocycles. The van der Waals surface area contributed by atoms with Crippen molar-refractivity contribution in [3.63, 3.8) is 0 Å². The van der Waals surface area contributed by atoms with Crippen molar-refractivity contribution in [1.82, 2.24) is 20.4 Å². The van der Waals surface area contributed by atoms with Crippen LogP contribution in [0.2, 0.25) is 0 Å². The fourth-order valence-electron chi connectivity index (χ4n) is 4.38. The Balaban J connectivity index is 1.16. The van der Waals surface area contributed by atoms with Gasteiger partial charge in [0, 0.05) is 5.56 Å².